The number of likely N-dealkylation sites (N-methyl/N-ethyl adjacent to an activating group) is 1. The zero-order valence-corrected chi connectivity index (χ0v) is 13.3. The maximum Gasteiger partial charge on any atom is 0.151 e. The lowest BCUT2D eigenvalue weighted by Crippen LogP contribution is -2.45. The summed E-state index contributed by atoms with van der Waals surface area (Å²) < 4.78 is 2.30. The fourth-order valence-electron chi connectivity index (χ4n) is 2.57. The normalized spacial score (nSPS) is 15.5. The van der Waals surface area contributed by atoms with Crippen LogP contribution in [0.5, 0.6) is 0 Å². The molecule has 1 aliphatic heterocycles. The average molecular weight is 311 g/mol. The first-order valence-corrected chi connectivity index (χ1v) is 7.62. The van der Waals surface area contributed by atoms with Gasteiger partial charge in [-0.05, 0) is 19.2 Å². The van der Waals surface area contributed by atoms with Crippen LogP contribution in [-0.4, -0.2) is 47.7 Å². The van der Waals surface area contributed by atoms with Crippen LogP contribution in [0.3, 0.4) is 0 Å². The van der Waals surface area contributed by atoms with Crippen LogP contribution >= 0.6 is 12.2 Å². The third-order valence-electron chi connectivity index (χ3n) is 3.90. The Bertz CT molecular complexity index is 754. The zero-order chi connectivity index (χ0) is 15.5. The van der Waals surface area contributed by atoms with E-state index in [9.17, 15) is 5.26 Å². The molecular weight excluding hydrogens is 294 g/mol. The van der Waals surface area contributed by atoms with E-state index in [1.807, 2.05) is 30.3 Å². The number of aromatic nitrogens is 2. The predicted molar refractivity (Wildman–Crippen MR) is 88.8 cm³/mol. The van der Waals surface area contributed by atoms with Gasteiger partial charge in [-0.15, -0.1) is 0 Å². The van der Waals surface area contributed by atoms with E-state index in [-0.39, 0.29) is 0 Å². The van der Waals surface area contributed by atoms with E-state index < -0.39 is 0 Å². The largest absolute Gasteiger partial charge is 0.353 e. The molecule has 0 atom stereocenters. The molecule has 6 heteroatoms. The van der Waals surface area contributed by atoms with Gasteiger partial charge < -0.3 is 9.80 Å². The van der Waals surface area contributed by atoms with Crippen molar-refractivity contribution in [2.45, 2.75) is 0 Å². The molecule has 0 N–H and O–H groups in total. The monoisotopic (exact) mass is 311 g/mol. The van der Waals surface area contributed by atoms with Gasteiger partial charge in [0.2, 0.25) is 0 Å². The van der Waals surface area contributed by atoms with Gasteiger partial charge in [0.15, 0.2) is 5.82 Å². The minimum Gasteiger partial charge on any atom is -0.353 e. The summed E-state index contributed by atoms with van der Waals surface area (Å²) in [6, 6.07) is 12.0. The molecule has 1 fully saturated rings. The Labute approximate surface area is 135 Å². The highest BCUT2D eigenvalue weighted by atomic mass is 32.1. The van der Waals surface area contributed by atoms with Gasteiger partial charge in [0.25, 0.3) is 0 Å². The lowest BCUT2D eigenvalue weighted by atomic mass is 10.2. The number of nitrogens with zero attached hydrogens (tertiary/aromatic N) is 5. The first kappa shape index (κ1) is 14.7. The van der Waals surface area contributed by atoms with Crippen LogP contribution in [0.15, 0.2) is 36.7 Å². The second-order valence-electron chi connectivity index (χ2n) is 5.36. The summed E-state index contributed by atoms with van der Waals surface area (Å²) in [6.45, 7) is 3.66. The highest BCUT2D eigenvalue weighted by molar-refractivity contribution is 7.71. The van der Waals surface area contributed by atoms with Crippen LogP contribution in [0, 0.1) is 16.0 Å². The van der Waals surface area contributed by atoms with Crippen LogP contribution in [-0.2, 0) is 0 Å². The number of para-hydroxylation sites is 1. The molecule has 0 aliphatic carbocycles. The summed E-state index contributed by atoms with van der Waals surface area (Å²) >= 11 is 5.52. The molecule has 0 spiro atoms. The van der Waals surface area contributed by atoms with Crippen LogP contribution in [0.2, 0.25) is 0 Å². The van der Waals surface area contributed by atoms with Crippen LogP contribution in [0.1, 0.15) is 5.56 Å². The number of benzene rings is 1. The molecule has 112 valence electrons. The second kappa shape index (κ2) is 6.26. The summed E-state index contributed by atoms with van der Waals surface area (Å²) in [7, 11) is 2.10. The van der Waals surface area contributed by atoms with E-state index in [1.54, 1.807) is 10.9 Å². The lowest BCUT2D eigenvalue weighted by Gasteiger charge is -2.33. The quantitative estimate of drug-likeness (QED) is 0.796. The molecule has 0 radical (unpaired) electrons. The van der Waals surface area contributed by atoms with Crippen molar-refractivity contribution in [2.24, 2.45) is 0 Å². The maximum absolute atomic E-state index is 9.55. The van der Waals surface area contributed by atoms with Crippen molar-refractivity contribution in [2.75, 3.05) is 38.1 Å². The third-order valence-corrected chi connectivity index (χ3v) is 4.30. The molecular formula is C16H17N5S. The molecule has 1 aliphatic rings. The van der Waals surface area contributed by atoms with Crippen LogP contribution in [0.25, 0.3) is 5.69 Å². The molecule has 0 saturated carbocycles. The molecule has 2 aromatic rings. The van der Waals surface area contributed by atoms with Crippen molar-refractivity contribution < 1.29 is 0 Å². The maximum atomic E-state index is 9.55. The molecule has 0 amide bonds. The average Bonchev–Trinajstić information content (AvgIpc) is 2.56. The van der Waals surface area contributed by atoms with E-state index in [0.29, 0.717) is 16.0 Å². The highest BCUT2D eigenvalue weighted by Crippen LogP contribution is 2.21. The number of hydrogen-bond donors (Lipinski definition) is 0. The van der Waals surface area contributed by atoms with Gasteiger partial charge >= 0.3 is 0 Å². The number of nitriles is 1. The smallest absolute Gasteiger partial charge is 0.151 e. The summed E-state index contributed by atoms with van der Waals surface area (Å²) in [5.41, 5.74) is 1.40. The molecule has 0 bridgehead atoms. The Kier molecular flexibility index (Phi) is 4.18. The van der Waals surface area contributed by atoms with Crippen LogP contribution < -0.4 is 4.90 Å². The summed E-state index contributed by atoms with van der Waals surface area (Å²) in [5, 5.41) is 9.55. The van der Waals surface area contributed by atoms with E-state index in [2.05, 4.69) is 27.9 Å². The summed E-state index contributed by atoms with van der Waals surface area (Å²) in [4.78, 5) is 8.93. The van der Waals surface area contributed by atoms with Crippen molar-refractivity contribution in [3.63, 3.8) is 0 Å². The third kappa shape index (κ3) is 2.73. The Balaban J connectivity index is 2.03. The van der Waals surface area contributed by atoms with Crippen molar-refractivity contribution in [3.8, 4) is 11.8 Å². The molecule has 1 aromatic heterocycles. The first-order chi connectivity index (χ1) is 10.7. The minimum atomic E-state index is 0.478. The first-order valence-electron chi connectivity index (χ1n) is 7.21. The van der Waals surface area contributed by atoms with E-state index in [4.69, 9.17) is 12.2 Å². The van der Waals surface area contributed by atoms with Crippen molar-refractivity contribution in [1.29, 1.82) is 5.26 Å². The van der Waals surface area contributed by atoms with Crippen molar-refractivity contribution in [3.05, 3.63) is 46.9 Å². The lowest BCUT2D eigenvalue weighted by molar-refractivity contribution is 0.312. The molecule has 3 rings (SSSR count). The van der Waals surface area contributed by atoms with Gasteiger partial charge in [0, 0.05) is 31.9 Å². The van der Waals surface area contributed by atoms with E-state index in [0.717, 1.165) is 31.9 Å². The van der Waals surface area contributed by atoms with Gasteiger partial charge in [-0.1, -0.05) is 30.4 Å². The minimum absolute atomic E-state index is 0.478. The topological polar surface area (TPSA) is 48.1 Å². The molecule has 5 nitrogen and oxygen atoms in total. The Hall–Kier alpha value is -2.23. The van der Waals surface area contributed by atoms with Crippen molar-refractivity contribution in [1.82, 2.24) is 14.5 Å². The fraction of sp³-hybridized carbons (Fsp3) is 0.312. The van der Waals surface area contributed by atoms with Gasteiger partial charge in [-0.25, -0.2) is 4.98 Å². The molecule has 0 unspecified atom stereocenters. The van der Waals surface area contributed by atoms with E-state index in [1.165, 1.54) is 0 Å². The Morgan fingerprint density at radius 2 is 1.82 bits per heavy atom. The van der Waals surface area contributed by atoms with Gasteiger partial charge in [0.1, 0.15) is 22.6 Å². The van der Waals surface area contributed by atoms with Gasteiger partial charge in [-0.2, -0.15) is 5.26 Å². The molecule has 1 aromatic carbocycles. The second-order valence-corrected chi connectivity index (χ2v) is 5.74. The standard InChI is InChI=1S/C16H17N5S/c1-19-7-9-20(10-8-19)15-14(11-17)16(22)21(12-18-15)13-5-3-2-4-6-13/h2-6,12H,7-10H2,1H3. The van der Waals surface area contributed by atoms with Gasteiger partial charge in [0.05, 0.1) is 0 Å². The SMILES string of the molecule is CN1CCN(c2ncn(-c3ccccc3)c(=S)c2C#N)CC1. The predicted octanol–water partition coefficient (Wildman–Crippen LogP) is 2.23. The number of anilines is 1. The zero-order valence-electron chi connectivity index (χ0n) is 12.4. The molecule has 22 heavy (non-hydrogen) atoms. The fourth-order valence-corrected chi connectivity index (χ4v) is 2.86. The number of piperazine rings is 1. The summed E-state index contributed by atoms with van der Waals surface area (Å²) in [6.07, 6.45) is 1.71. The number of rotatable bonds is 2. The van der Waals surface area contributed by atoms with Gasteiger partial charge in [-0.3, -0.25) is 4.57 Å². The summed E-state index contributed by atoms with van der Waals surface area (Å²) in [5.74, 6) is 0.702. The van der Waals surface area contributed by atoms with Crippen LogP contribution in [0.4, 0.5) is 5.82 Å². The highest BCUT2D eigenvalue weighted by Gasteiger charge is 2.20. The van der Waals surface area contributed by atoms with E-state index >= 15 is 0 Å². The number of hydrogen-bond acceptors (Lipinski definition) is 5. The van der Waals surface area contributed by atoms with Crippen molar-refractivity contribution >= 4 is 18.0 Å². The molecule has 2 heterocycles. The Morgan fingerprint density at radius 1 is 1.14 bits per heavy atom. The Morgan fingerprint density at radius 3 is 2.45 bits per heavy atom. The molecule has 1 saturated heterocycles.